The molecule has 1 heterocycles. The van der Waals surface area contributed by atoms with Crippen molar-refractivity contribution in [3.05, 3.63) is 17.7 Å². The first-order valence-corrected chi connectivity index (χ1v) is 11.5. The summed E-state index contributed by atoms with van der Waals surface area (Å²) >= 11 is 0. The molecule has 1 aliphatic rings. The number of guanidine groups is 1. The zero-order chi connectivity index (χ0) is 23.6. The number of aromatic hydroxyl groups is 1. The Morgan fingerprint density at radius 2 is 1.81 bits per heavy atom. The predicted octanol–water partition coefficient (Wildman–Crippen LogP) is 0.703. The number of benzene rings is 1. The summed E-state index contributed by atoms with van der Waals surface area (Å²) in [5.74, 6) is -1.89. The lowest BCUT2D eigenvalue weighted by atomic mass is 10.0. The molecule has 2 amide bonds. The van der Waals surface area contributed by atoms with Crippen LogP contribution in [-0.4, -0.2) is 62.5 Å². The Hall–Kier alpha value is -3.02. The monoisotopic (exact) mass is 455 g/mol. The van der Waals surface area contributed by atoms with Crippen molar-refractivity contribution in [3.63, 3.8) is 0 Å². The number of nitrogens with one attached hydrogen (secondary N) is 1. The molecule has 172 valence electrons. The number of hydrogen-bond acceptors (Lipinski definition) is 7. The second-order valence-corrected chi connectivity index (χ2v) is 10.3. The average Bonchev–Trinajstić information content (AvgIpc) is 2.58. The van der Waals surface area contributed by atoms with Gasteiger partial charge in [-0.15, -0.1) is 0 Å². The Kier molecular flexibility index (Phi) is 7.04. The summed E-state index contributed by atoms with van der Waals surface area (Å²) in [5.41, 5.74) is 9.72. The van der Waals surface area contributed by atoms with E-state index in [1.807, 2.05) is 0 Å². The fraction of sp³-hybridized carbons (Fsp3) is 0.526. The molecule has 1 aromatic rings. The molecule has 11 nitrogen and oxygen atoms in total. The number of phenols is 1. The summed E-state index contributed by atoms with van der Waals surface area (Å²) in [5, 5.41) is 13.1. The third kappa shape index (κ3) is 6.74. The van der Waals surface area contributed by atoms with Gasteiger partial charge in [-0.3, -0.25) is 4.79 Å². The van der Waals surface area contributed by atoms with Gasteiger partial charge in [0.05, 0.1) is 16.1 Å². The van der Waals surface area contributed by atoms with Gasteiger partial charge in [0.15, 0.2) is 15.8 Å². The Balaban J connectivity index is 2.24. The van der Waals surface area contributed by atoms with Crippen molar-refractivity contribution in [2.45, 2.75) is 50.2 Å². The first kappa shape index (κ1) is 24.3. The molecular weight excluding hydrogens is 426 g/mol. The van der Waals surface area contributed by atoms with Gasteiger partial charge in [-0.2, -0.15) is 4.99 Å². The maximum Gasteiger partial charge on any atom is 0.407 e. The van der Waals surface area contributed by atoms with Crippen molar-refractivity contribution in [1.82, 2.24) is 5.32 Å². The highest BCUT2D eigenvalue weighted by Crippen LogP contribution is 2.34. The fourth-order valence-corrected chi connectivity index (χ4v) is 4.09. The van der Waals surface area contributed by atoms with Crippen LogP contribution in [0.1, 0.15) is 44.0 Å². The minimum absolute atomic E-state index is 0.127. The van der Waals surface area contributed by atoms with E-state index in [0.717, 1.165) is 12.3 Å². The van der Waals surface area contributed by atoms with Crippen LogP contribution in [0.4, 0.5) is 10.5 Å². The molecule has 1 aliphatic heterocycles. The van der Waals surface area contributed by atoms with E-state index in [0.29, 0.717) is 25.9 Å². The number of piperidine rings is 1. The maximum atomic E-state index is 12.4. The maximum absolute atomic E-state index is 12.4. The average molecular weight is 456 g/mol. The van der Waals surface area contributed by atoms with Crippen molar-refractivity contribution in [2.24, 2.45) is 16.5 Å². The summed E-state index contributed by atoms with van der Waals surface area (Å²) in [7, 11) is -3.74. The molecule has 1 fully saturated rings. The van der Waals surface area contributed by atoms with E-state index in [-0.39, 0.29) is 22.2 Å². The smallest absolute Gasteiger partial charge is 0.407 e. The van der Waals surface area contributed by atoms with Gasteiger partial charge >= 0.3 is 6.09 Å². The van der Waals surface area contributed by atoms with Crippen LogP contribution in [0.2, 0.25) is 0 Å². The number of aliphatic imine (C=N–C) groups is 1. The van der Waals surface area contributed by atoms with E-state index in [1.54, 1.807) is 25.7 Å². The second kappa shape index (κ2) is 9.00. The summed E-state index contributed by atoms with van der Waals surface area (Å²) in [6.45, 7) is 6.16. The minimum Gasteiger partial charge on any atom is -0.507 e. The van der Waals surface area contributed by atoms with E-state index in [4.69, 9.17) is 16.2 Å². The van der Waals surface area contributed by atoms with Gasteiger partial charge < -0.3 is 31.5 Å². The van der Waals surface area contributed by atoms with E-state index >= 15 is 0 Å². The number of alkyl carbamates (subject to hydrolysis) is 1. The van der Waals surface area contributed by atoms with Crippen LogP contribution in [0.5, 0.6) is 5.75 Å². The van der Waals surface area contributed by atoms with Crippen LogP contribution in [0.15, 0.2) is 22.0 Å². The number of amides is 2. The number of hydrogen-bond donors (Lipinski definition) is 4. The molecule has 0 aliphatic carbocycles. The number of nitrogens with two attached hydrogens (primary N) is 2. The summed E-state index contributed by atoms with van der Waals surface area (Å²) in [4.78, 5) is 29.1. The highest BCUT2D eigenvalue weighted by atomic mass is 32.2. The highest BCUT2D eigenvalue weighted by Gasteiger charge is 2.28. The molecule has 6 N–H and O–H groups in total. The summed E-state index contributed by atoms with van der Waals surface area (Å²) in [6, 6.07) is 2.15. The van der Waals surface area contributed by atoms with E-state index in [9.17, 15) is 23.1 Å². The van der Waals surface area contributed by atoms with E-state index in [2.05, 4.69) is 10.3 Å². The molecule has 0 saturated carbocycles. The number of sulfone groups is 1. The Labute approximate surface area is 181 Å². The van der Waals surface area contributed by atoms with Gasteiger partial charge in [0.25, 0.3) is 5.91 Å². The molecule has 1 saturated heterocycles. The van der Waals surface area contributed by atoms with Crippen molar-refractivity contribution >= 4 is 33.5 Å². The third-order valence-electron chi connectivity index (χ3n) is 4.49. The normalized spacial score (nSPS) is 15.3. The van der Waals surface area contributed by atoms with Crippen LogP contribution in [0.3, 0.4) is 0 Å². The number of nitrogens with zero attached hydrogens (tertiary/aromatic N) is 2. The second-order valence-electron chi connectivity index (χ2n) is 8.36. The van der Waals surface area contributed by atoms with Crippen LogP contribution in [0.25, 0.3) is 0 Å². The summed E-state index contributed by atoms with van der Waals surface area (Å²) in [6.07, 6.45) is 1.58. The first-order valence-electron chi connectivity index (χ1n) is 9.63. The lowest BCUT2D eigenvalue weighted by Gasteiger charge is -2.35. The minimum atomic E-state index is -3.74. The number of phenolic OH excluding ortho intramolecular Hbond substituents is 1. The molecule has 0 spiro atoms. The Morgan fingerprint density at radius 3 is 2.29 bits per heavy atom. The van der Waals surface area contributed by atoms with E-state index in [1.165, 1.54) is 6.07 Å². The molecule has 1 aromatic carbocycles. The molecule has 12 heteroatoms. The first-order chi connectivity index (χ1) is 14.2. The number of carbonyl (C=O) groups is 2. The number of rotatable bonds is 4. The molecule has 2 rings (SSSR count). The molecular formula is C19H29N5O6S. The van der Waals surface area contributed by atoms with Gasteiger partial charge in [-0.05, 0) is 39.7 Å². The Bertz CT molecular complexity index is 988. The van der Waals surface area contributed by atoms with Crippen molar-refractivity contribution in [3.8, 4) is 5.75 Å². The molecule has 0 bridgehead atoms. The summed E-state index contributed by atoms with van der Waals surface area (Å²) < 4.78 is 30.0. The van der Waals surface area contributed by atoms with Gasteiger partial charge in [0.1, 0.15) is 11.4 Å². The van der Waals surface area contributed by atoms with E-state index < -0.39 is 39.1 Å². The molecule has 0 unspecified atom stereocenters. The highest BCUT2D eigenvalue weighted by molar-refractivity contribution is 7.90. The van der Waals surface area contributed by atoms with Crippen LogP contribution >= 0.6 is 0 Å². The zero-order valence-electron chi connectivity index (χ0n) is 18.0. The van der Waals surface area contributed by atoms with Gasteiger partial charge in [0, 0.05) is 31.5 Å². The quantitative estimate of drug-likeness (QED) is 0.376. The molecule has 0 atom stereocenters. The number of carbonyl (C=O) groups excluding carboxylic acids is 2. The van der Waals surface area contributed by atoms with Gasteiger partial charge in [-0.25, -0.2) is 13.2 Å². The molecule has 0 aromatic heterocycles. The van der Waals surface area contributed by atoms with Crippen molar-refractivity contribution in [1.29, 1.82) is 0 Å². The predicted molar refractivity (Wildman–Crippen MR) is 116 cm³/mol. The van der Waals surface area contributed by atoms with Crippen LogP contribution in [-0.2, 0) is 14.6 Å². The Morgan fingerprint density at radius 1 is 1.23 bits per heavy atom. The fourth-order valence-electron chi connectivity index (χ4n) is 3.19. The molecule has 31 heavy (non-hydrogen) atoms. The standard InChI is InChI=1S/C19H29N5O6S/c1-19(2,3)30-18(27)22-11-5-7-24(8-6-11)13-10-14(25)12(16(26)23-17(20)21)9-15(13)31(4,28)29/h9-11,25H,5-8H2,1-4H3,(H,22,27)(H4,20,21,23,26). The number of ether oxygens (including phenoxy) is 1. The van der Waals surface area contributed by atoms with Gasteiger partial charge in [-0.1, -0.05) is 0 Å². The number of anilines is 1. The third-order valence-corrected chi connectivity index (χ3v) is 5.62. The SMILES string of the molecule is CC(C)(C)OC(=O)NC1CCN(c2cc(O)c(C(=O)N=C(N)N)cc2S(C)(=O)=O)CC1. The van der Waals surface area contributed by atoms with Crippen molar-refractivity contribution in [2.75, 3.05) is 24.2 Å². The van der Waals surface area contributed by atoms with Crippen molar-refractivity contribution < 1.29 is 27.9 Å². The van der Waals surface area contributed by atoms with Gasteiger partial charge in [0.2, 0.25) is 0 Å². The van der Waals surface area contributed by atoms with Crippen LogP contribution < -0.4 is 21.7 Å². The van der Waals surface area contributed by atoms with Crippen LogP contribution in [0, 0.1) is 0 Å². The lowest BCUT2D eigenvalue weighted by Crippen LogP contribution is -2.46. The lowest BCUT2D eigenvalue weighted by molar-refractivity contribution is 0.0497. The zero-order valence-corrected chi connectivity index (χ0v) is 18.8. The molecule has 0 radical (unpaired) electrons. The topological polar surface area (TPSA) is 177 Å². The largest absolute Gasteiger partial charge is 0.507 e.